The molecule has 2 saturated heterocycles. The van der Waals surface area contributed by atoms with Gasteiger partial charge in [0.15, 0.2) is 0 Å². The van der Waals surface area contributed by atoms with E-state index in [-0.39, 0.29) is 12.1 Å². The highest BCUT2D eigenvalue weighted by Gasteiger charge is 2.33. The van der Waals surface area contributed by atoms with E-state index < -0.39 is 0 Å². The Labute approximate surface area is 205 Å². The zero-order chi connectivity index (χ0) is 23.9. The lowest BCUT2D eigenvalue weighted by molar-refractivity contribution is 0.161. The van der Waals surface area contributed by atoms with Crippen LogP contribution >= 0.6 is 0 Å². The molecule has 3 fully saturated rings. The fourth-order valence-electron chi connectivity index (χ4n) is 5.94. The predicted molar refractivity (Wildman–Crippen MR) is 135 cm³/mol. The first-order valence-electron chi connectivity index (χ1n) is 13.5. The number of rotatable bonds is 9. The number of urea groups is 1. The van der Waals surface area contributed by atoms with Crippen LogP contribution in [0.5, 0.6) is 5.75 Å². The highest BCUT2D eigenvalue weighted by molar-refractivity contribution is 5.76. The highest BCUT2D eigenvalue weighted by Crippen LogP contribution is 2.35. The minimum absolute atomic E-state index is 0.129. The van der Waals surface area contributed by atoms with Crippen LogP contribution < -0.4 is 4.74 Å². The molecule has 6 nitrogen and oxygen atoms in total. The van der Waals surface area contributed by atoms with Gasteiger partial charge in [-0.15, -0.1) is 0 Å². The molecule has 186 valence electrons. The van der Waals surface area contributed by atoms with Crippen molar-refractivity contribution in [1.29, 1.82) is 5.26 Å². The van der Waals surface area contributed by atoms with E-state index in [4.69, 9.17) is 4.74 Å². The maximum atomic E-state index is 12.8. The van der Waals surface area contributed by atoms with E-state index >= 15 is 0 Å². The molecular weight excluding hydrogens is 424 g/mol. The van der Waals surface area contributed by atoms with Gasteiger partial charge in [-0.1, -0.05) is 19.3 Å². The maximum Gasteiger partial charge on any atom is 0.320 e. The average molecular weight is 467 g/mol. The third-order valence-electron chi connectivity index (χ3n) is 7.82. The number of piperidine rings is 1. The summed E-state index contributed by atoms with van der Waals surface area (Å²) in [5.41, 5.74) is 1.91. The third kappa shape index (κ3) is 6.24. The van der Waals surface area contributed by atoms with E-state index in [2.05, 4.69) is 20.8 Å². The van der Waals surface area contributed by atoms with E-state index in [1.54, 1.807) is 0 Å². The standard InChI is InChI=1S/C28H42N4O2/c1-22(2)34-27-11-10-23(21-29)20-26(27)24-12-16-30(17-13-24)14-6-7-15-31-18-19-32(28(31)33)25-8-4-3-5-9-25/h10-11,20,22,24-25H,3-9,12-19H2,1-2H3. The van der Waals surface area contributed by atoms with Crippen LogP contribution in [0.1, 0.15) is 88.7 Å². The second-order valence-corrected chi connectivity index (χ2v) is 10.6. The van der Waals surface area contributed by atoms with Crippen LogP contribution in [0.2, 0.25) is 0 Å². The lowest BCUT2D eigenvalue weighted by atomic mass is 9.88. The Morgan fingerprint density at radius 2 is 1.74 bits per heavy atom. The van der Waals surface area contributed by atoms with Crippen LogP contribution in [0.4, 0.5) is 4.79 Å². The summed E-state index contributed by atoms with van der Waals surface area (Å²) in [6, 6.07) is 8.91. The van der Waals surface area contributed by atoms with Crippen molar-refractivity contribution in [3.63, 3.8) is 0 Å². The topological polar surface area (TPSA) is 59.8 Å². The van der Waals surface area contributed by atoms with Crippen molar-refractivity contribution in [1.82, 2.24) is 14.7 Å². The molecular formula is C28H42N4O2. The number of nitriles is 1. The van der Waals surface area contributed by atoms with Crippen molar-refractivity contribution >= 4 is 6.03 Å². The number of amides is 2. The molecule has 0 N–H and O–H groups in total. The van der Waals surface area contributed by atoms with Crippen molar-refractivity contribution in [2.45, 2.75) is 89.7 Å². The monoisotopic (exact) mass is 466 g/mol. The zero-order valence-corrected chi connectivity index (χ0v) is 21.2. The summed E-state index contributed by atoms with van der Waals surface area (Å²) in [6.45, 7) is 10.1. The normalized spacial score (nSPS) is 20.8. The molecule has 1 aromatic carbocycles. The quantitative estimate of drug-likeness (QED) is 0.459. The van der Waals surface area contributed by atoms with Crippen molar-refractivity contribution in [3.05, 3.63) is 29.3 Å². The SMILES string of the molecule is CC(C)Oc1ccc(C#N)cc1C1CCN(CCCCN2CCN(C3CCCCC3)C2=O)CC1. The average Bonchev–Trinajstić information content (AvgIpc) is 3.23. The maximum absolute atomic E-state index is 12.8. The molecule has 2 amide bonds. The van der Waals surface area contributed by atoms with Gasteiger partial charge in [-0.05, 0) is 102 Å². The number of benzene rings is 1. The van der Waals surface area contributed by atoms with Gasteiger partial charge in [-0.2, -0.15) is 5.26 Å². The molecule has 0 radical (unpaired) electrons. The molecule has 0 bridgehead atoms. The molecule has 6 heteroatoms. The number of nitrogens with zero attached hydrogens (tertiary/aromatic N) is 4. The van der Waals surface area contributed by atoms with Gasteiger partial charge >= 0.3 is 6.03 Å². The van der Waals surface area contributed by atoms with Crippen molar-refractivity contribution in [2.75, 3.05) is 39.3 Å². The van der Waals surface area contributed by atoms with Gasteiger partial charge < -0.3 is 19.4 Å². The number of hydrogen-bond donors (Lipinski definition) is 0. The predicted octanol–water partition coefficient (Wildman–Crippen LogP) is 5.38. The molecule has 34 heavy (non-hydrogen) atoms. The molecule has 1 aliphatic carbocycles. The fraction of sp³-hybridized carbons (Fsp3) is 0.714. The Kier molecular flexibility index (Phi) is 8.72. The minimum atomic E-state index is 0.129. The summed E-state index contributed by atoms with van der Waals surface area (Å²) in [6.07, 6.45) is 10.8. The molecule has 0 atom stereocenters. The number of ether oxygens (including phenoxy) is 1. The number of carbonyl (C=O) groups excluding carboxylic acids is 1. The molecule has 4 rings (SSSR count). The first kappa shape index (κ1) is 24.9. The molecule has 2 heterocycles. The van der Waals surface area contributed by atoms with E-state index in [9.17, 15) is 10.1 Å². The molecule has 0 spiro atoms. The van der Waals surface area contributed by atoms with Crippen molar-refractivity contribution in [2.24, 2.45) is 0 Å². The van der Waals surface area contributed by atoms with Gasteiger partial charge in [0.1, 0.15) is 5.75 Å². The lowest BCUT2D eigenvalue weighted by Crippen LogP contribution is -2.40. The number of unbranched alkanes of at least 4 members (excludes halogenated alkanes) is 1. The Morgan fingerprint density at radius 3 is 2.44 bits per heavy atom. The van der Waals surface area contributed by atoms with Gasteiger partial charge in [-0.25, -0.2) is 4.79 Å². The van der Waals surface area contributed by atoms with E-state index in [1.807, 2.05) is 32.0 Å². The van der Waals surface area contributed by atoms with Gasteiger partial charge in [0.05, 0.1) is 17.7 Å². The second-order valence-electron chi connectivity index (χ2n) is 10.6. The summed E-state index contributed by atoms with van der Waals surface area (Å²) in [4.78, 5) is 19.6. The van der Waals surface area contributed by atoms with E-state index in [0.29, 0.717) is 17.5 Å². The highest BCUT2D eigenvalue weighted by atomic mass is 16.5. The van der Waals surface area contributed by atoms with Crippen LogP contribution in [-0.4, -0.2) is 72.1 Å². The number of hydrogen-bond acceptors (Lipinski definition) is 4. The van der Waals surface area contributed by atoms with Gasteiger partial charge in [0, 0.05) is 25.7 Å². The molecule has 0 aromatic heterocycles. The fourth-order valence-corrected chi connectivity index (χ4v) is 5.94. The summed E-state index contributed by atoms with van der Waals surface area (Å²) < 4.78 is 6.05. The number of carbonyl (C=O) groups is 1. The summed E-state index contributed by atoms with van der Waals surface area (Å²) in [7, 11) is 0. The molecule has 1 saturated carbocycles. The van der Waals surface area contributed by atoms with E-state index in [0.717, 1.165) is 70.7 Å². The Bertz CT molecular complexity index is 850. The van der Waals surface area contributed by atoms with Gasteiger partial charge in [-0.3, -0.25) is 0 Å². The van der Waals surface area contributed by atoms with Crippen LogP contribution in [0.25, 0.3) is 0 Å². The second kappa shape index (κ2) is 11.9. The van der Waals surface area contributed by atoms with Crippen LogP contribution in [-0.2, 0) is 0 Å². The van der Waals surface area contributed by atoms with Crippen molar-refractivity contribution in [3.8, 4) is 11.8 Å². The smallest absolute Gasteiger partial charge is 0.320 e. The Balaban J connectivity index is 1.18. The first-order chi connectivity index (χ1) is 16.5. The summed E-state index contributed by atoms with van der Waals surface area (Å²) >= 11 is 0. The van der Waals surface area contributed by atoms with Crippen LogP contribution in [0, 0.1) is 11.3 Å². The van der Waals surface area contributed by atoms with Crippen molar-refractivity contribution < 1.29 is 9.53 Å². The first-order valence-corrected chi connectivity index (χ1v) is 13.5. The summed E-state index contributed by atoms with van der Waals surface area (Å²) in [5, 5.41) is 9.35. The third-order valence-corrected chi connectivity index (χ3v) is 7.82. The lowest BCUT2D eigenvalue weighted by Gasteiger charge is -2.33. The molecule has 3 aliphatic rings. The van der Waals surface area contributed by atoms with Gasteiger partial charge in [0.2, 0.25) is 0 Å². The molecule has 0 unspecified atom stereocenters. The molecule has 1 aromatic rings. The van der Waals surface area contributed by atoms with Crippen LogP contribution in [0.3, 0.4) is 0 Å². The van der Waals surface area contributed by atoms with E-state index in [1.165, 1.54) is 37.7 Å². The van der Waals surface area contributed by atoms with Crippen LogP contribution in [0.15, 0.2) is 18.2 Å². The Morgan fingerprint density at radius 1 is 1.00 bits per heavy atom. The molecule has 2 aliphatic heterocycles. The largest absolute Gasteiger partial charge is 0.491 e. The summed E-state index contributed by atoms with van der Waals surface area (Å²) in [5.74, 6) is 1.39. The minimum Gasteiger partial charge on any atom is -0.491 e. The van der Waals surface area contributed by atoms with Gasteiger partial charge in [0.25, 0.3) is 0 Å². The number of likely N-dealkylation sites (tertiary alicyclic amines) is 1. The zero-order valence-electron chi connectivity index (χ0n) is 21.2. The Hall–Kier alpha value is -2.26.